The molecule has 1 spiro atoms. The van der Waals surface area contributed by atoms with Gasteiger partial charge in [0.25, 0.3) is 5.79 Å². The van der Waals surface area contributed by atoms with Gasteiger partial charge in [0.1, 0.15) is 0 Å². The number of rotatable bonds is 3. The number of hydrogen-bond donors (Lipinski definition) is 1. The number of fused-ring (bicyclic) bond motifs is 1. The Morgan fingerprint density at radius 2 is 1.95 bits per heavy atom. The fraction of sp³-hybridized carbons (Fsp3) is 0.562. The molecule has 4 heteroatoms. The van der Waals surface area contributed by atoms with E-state index in [9.17, 15) is 4.79 Å². The largest absolute Gasteiger partial charge is 0.448 e. The van der Waals surface area contributed by atoms with E-state index in [0.29, 0.717) is 6.42 Å². The molecule has 1 saturated carbocycles. The third-order valence-electron chi connectivity index (χ3n) is 3.91. The van der Waals surface area contributed by atoms with Crippen molar-refractivity contribution in [2.75, 3.05) is 5.32 Å². The highest BCUT2D eigenvalue weighted by atomic mass is 16.7. The van der Waals surface area contributed by atoms with Gasteiger partial charge in [-0.05, 0) is 31.4 Å². The van der Waals surface area contributed by atoms with Crippen molar-refractivity contribution in [2.45, 2.75) is 57.7 Å². The van der Waals surface area contributed by atoms with Gasteiger partial charge < -0.3 is 14.8 Å². The van der Waals surface area contributed by atoms with E-state index in [-0.39, 0.29) is 5.91 Å². The maximum absolute atomic E-state index is 11.6. The molecule has 108 valence electrons. The molecule has 3 rings (SSSR count). The smallest absolute Gasteiger partial charge is 0.251 e. The highest BCUT2D eigenvalue weighted by molar-refractivity contribution is 5.91. The SMILES string of the molecule is CCCC(=O)Nc1ccc2c(c1)OC1(CCCCC1)O2. The minimum Gasteiger partial charge on any atom is -0.448 e. The molecular weight excluding hydrogens is 254 g/mol. The van der Waals surface area contributed by atoms with Gasteiger partial charge in [-0.25, -0.2) is 0 Å². The van der Waals surface area contributed by atoms with Crippen LogP contribution in [0.4, 0.5) is 5.69 Å². The van der Waals surface area contributed by atoms with Crippen LogP contribution < -0.4 is 14.8 Å². The molecular formula is C16H21NO3. The Morgan fingerprint density at radius 1 is 1.20 bits per heavy atom. The second kappa shape index (κ2) is 5.35. The Morgan fingerprint density at radius 3 is 2.70 bits per heavy atom. The Kier molecular flexibility index (Phi) is 3.55. The molecule has 0 bridgehead atoms. The molecule has 4 nitrogen and oxygen atoms in total. The first-order valence-electron chi connectivity index (χ1n) is 7.53. The second-order valence-corrected chi connectivity index (χ2v) is 5.64. The molecule has 0 aromatic heterocycles. The lowest BCUT2D eigenvalue weighted by molar-refractivity contribution is -0.116. The normalized spacial score (nSPS) is 19.1. The third-order valence-corrected chi connectivity index (χ3v) is 3.91. The summed E-state index contributed by atoms with van der Waals surface area (Å²) in [5, 5.41) is 2.89. The lowest BCUT2D eigenvalue weighted by Gasteiger charge is -2.31. The number of nitrogens with one attached hydrogen (secondary N) is 1. The second-order valence-electron chi connectivity index (χ2n) is 5.64. The van der Waals surface area contributed by atoms with Crippen molar-refractivity contribution in [3.63, 3.8) is 0 Å². The number of carbonyl (C=O) groups is 1. The first-order valence-corrected chi connectivity index (χ1v) is 7.53. The van der Waals surface area contributed by atoms with Gasteiger partial charge in [-0.15, -0.1) is 0 Å². The molecule has 1 aliphatic heterocycles. The number of benzene rings is 1. The molecule has 0 atom stereocenters. The molecule has 1 amide bonds. The Hall–Kier alpha value is -1.71. The fourth-order valence-electron chi connectivity index (χ4n) is 2.92. The summed E-state index contributed by atoms with van der Waals surface area (Å²) in [6.45, 7) is 1.99. The van der Waals surface area contributed by atoms with Gasteiger partial charge in [0.2, 0.25) is 5.91 Å². The summed E-state index contributed by atoms with van der Waals surface area (Å²) in [6.07, 6.45) is 6.82. The molecule has 0 unspecified atom stereocenters. The molecule has 1 aliphatic carbocycles. The first-order chi connectivity index (χ1) is 9.71. The van der Waals surface area contributed by atoms with E-state index in [1.165, 1.54) is 6.42 Å². The van der Waals surface area contributed by atoms with Crippen molar-refractivity contribution < 1.29 is 14.3 Å². The molecule has 2 aliphatic rings. The average molecular weight is 275 g/mol. The zero-order valence-electron chi connectivity index (χ0n) is 11.9. The van der Waals surface area contributed by atoms with Gasteiger partial charge in [0.05, 0.1) is 0 Å². The van der Waals surface area contributed by atoms with Crippen molar-refractivity contribution in [3.8, 4) is 11.5 Å². The van der Waals surface area contributed by atoms with Crippen LogP contribution in [0.1, 0.15) is 51.9 Å². The summed E-state index contributed by atoms with van der Waals surface area (Å²) >= 11 is 0. The Bertz CT molecular complexity index is 506. The molecule has 1 aromatic rings. The molecule has 0 saturated heterocycles. The molecule has 1 N–H and O–H groups in total. The van der Waals surface area contributed by atoms with Crippen LogP contribution in [-0.2, 0) is 4.79 Å². The van der Waals surface area contributed by atoms with Gasteiger partial charge >= 0.3 is 0 Å². The van der Waals surface area contributed by atoms with E-state index in [1.807, 2.05) is 25.1 Å². The topological polar surface area (TPSA) is 47.6 Å². The molecule has 1 heterocycles. The fourth-order valence-corrected chi connectivity index (χ4v) is 2.92. The van der Waals surface area contributed by atoms with Gasteiger partial charge in [0, 0.05) is 31.0 Å². The van der Waals surface area contributed by atoms with E-state index in [1.54, 1.807) is 0 Å². The Balaban J connectivity index is 1.72. The van der Waals surface area contributed by atoms with Gasteiger partial charge in [-0.2, -0.15) is 0 Å². The number of hydrogen-bond acceptors (Lipinski definition) is 3. The number of carbonyl (C=O) groups excluding carboxylic acids is 1. The van der Waals surface area contributed by atoms with Crippen LogP contribution in [0.5, 0.6) is 11.5 Å². The minimum atomic E-state index is -0.452. The summed E-state index contributed by atoms with van der Waals surface area (Å²) in [7, 11) is 0. The lowest BCUT2D eigenvalue weighted by atomic mass is 9.94. The molecule has 1 aromatic carbocycles. The van der Waals surface area contributed by atoms with E-state index >= 15 is 0 Å². The summed E-state index contributed by atoms with van der Waals surface area (Å²) < 4.78 is 12.1. The molecule has 0 radical (unpaired) electrons. The van der Waals surface area contributed by atoms with E-state index in [4.69, 9.17) is 9.47 Å². The van der Waals surface area contributed by atoms with Gasteiger partial charge in [-0.1, -0.05) is 13.3 Å². The van der Waals surface area contributed by atoms with Crippen LogP contribution in [0.25, 0.3) is 0 Å². The van der Waals surface area contributed by atoms with Crippen molar-refractivity contribution in [1.29, 1.82) is 0 Å². The average Bonchev–Trinajstić information content (AvgIpc) is 2.76. The summed E-state index contributed by atoms with van der Waals surface area (Å²) in [5.74, 6) is 1.13. The predicted molar refractivity (Wildman–Crippen MR) is 77.1 cm³/mol. The number of ether oxygens (including phenoxy) is 2. The lowest BCUT2D eigenvalue weighted by Crippen LogP contribution is -2.40. The Labute approximate surface area is 119 Å². The number of amides is 1. The summed E-state index contributed by atoms with van der Waals surface area (Å²) in [6, 6.07) is 5.63. The zero-order chi connectivity index (χ0) is 14.0. The van der Waals surface area contributed by atoms with Crippen LogP contribution in [0, 0.1) is 0 Å². The van der Waals surface area contributed by atoms with E-state index < -0.39 is 5.79 Å². The number of anilines is 1. The van der Waals surface area contributed by atoms with Gasteiger partial charge in [-0.3, -0.25) is 4.79 Å². The van der Waals surface area contributed by atoms with Crippen LogP contribution in [-0.4, -0.2) is 11.7 Å². The van der Waals surface area contributed by atoms with Crippen LogP contribution >= 0.6 is 0 Å². The van der Waals surface area contributed by atoms with Crippen LogP contribution in [0.2, 0.25) is 0 Å². The van der Waals surface area contributed by atoms with E-state index in [2.05, 4.69) is 5.32 Å². The minimum absolute atomic E-state index is 0.0405. The highest BCUT2D eigenvalue weighted by Crippen LogP contribution is 2.46. The van der Waals surface area contributed by atoms with Crippen molar-refractivity contribution >= 4 is 11.6 Å². The zero-order valence-corrected chi connectivity index (χ0v) is 11.9. The standard InChI is InChI=1S/C16H21NO3/c1-2-6-15(18)17-12-7-8-13-14(11-12)20-16(19-13)9-4-3-5-10-16/h7-8,11H,2-6,9-10H2,1H3,(H,17,18). The van der Waals surface area contributed by atoms with E-state index in [0.717, 1.165) is 49.3 Å². The summed E-state index contributed by atoms with van der Waals surface area (Å²) in [5.41, 5.74) is 0.777. The summed E-state index contributed by atoms with van der Waals surface area (Å²) in [4.78, 5) is 11.6. The van der Waals surface area contributed by atoms with Crippen molar-refractivity contribution in [1.82, 2.24) is 0 Å². The van der Waals surface area contributed by atoms with Gasteiger partial charge in [0.15, 0.2) is 11.5 Å². The van der Waals surface area contributed by atoms with Crippen molar-refractivity contribution in [2.24, 2.45) is 0 Å². The molecule has 20 heavy (non-hydrogen) atoms. The highest BCUT2D eigenvalue weighted by Gasteiger charge is 2.42. The third kappa shape index (κ3) is 2.60. The van der Waals surface area contributed by atoms with Crippen LogP contribution in [0.3, 0.4) is 0 Å². The molecule has 1 fully saturated rings. The maximum Gasteiger partial charge on any atom is 0.251 e. The predicted octanol–water partition coefficient (Wildman–Crippen LogP) is 3.86. The van der Waals surface area contributed by atoms with Crippen molar-refractivity contribution in [3.05, 3.63) is 18.2 Å². The quantitative estimate of drug-likeness (QED) is 0.911. The first kappa shape index (κ1) is 13.3. The monoisotopic (exact) mass is 275 g/mol. The van der Waals surface area contributed by atoms with Crippen LogP contribution in [0.15, 0.2) is 18.2 Å². The maximum atomic E-state index is 11.6.